The van der Waals surface area contributed by atoms with Gasteiger partial charge in [0.1, 0.15) is 0 Å². The lowest BCUT2D eigenvalue weighted by Crippen LogP contribution is -2.47. The van der Waals surface area contributed by atoms with Crippen LogP contribution >= 0.6 is 0 Å². The summed E-state index contributed by atoms with van der Waals surface area (Å²) in [5.41, 5.74) is -0.0400. The lowest BCUT2D eigenvalue weighted by atomic mass is 10.1. The number of benzene rings is 1. The molecule has 0 heterocycles. The Morgan fingerprint density at radius 3 is 2.23 bits per heavy atom. The van der Waals surface area contributed by atoms with E-state index in [0.717, 1.165) is 4.31 Å². The molecule has 0 bridgehead atoms. The predicted molar refractivity (Wildman–Crippen MR) is 83.5 cm³/mol. The number of carbonyl (C=O) groups is 1. The molecule has 22 heavy (non-hydrogen) atoms. The van der Waals surface area contributed by atoms with E-state index in [2.05, 4.69) is 5.32 Å². The van der Waals surface area contributed by atoms with Gasteiger partial charge in [0.15, 0.2) is 0 Å². The Hall–Kier alpha value is -1.91. The molecule has 6 nitrogen and oxygen atoms in total. The second-order valence-corrected chi connectivity index (χ2v) is 7.80. The quantitative estimate of drug-likeness (QED) is 0.888. The van der Waals surface area contributed by atoms with Crippen LogP contribution in [0.4, 0.5) is 0 Å². The topological polar surface area (TPSA) is 90.3 Å². The highest BCUT2D eigenvalue weighted by molar-refractivity contribution is 7.89. The molecule has 0 fully saturated rings. The van der Waals surface area contributed by atoms with Crippen molar-refractivity contribution in [3.8, 4) is 6.07 Å². The molecule has 0 radical (unpaired) electrons. The zero-order valence-electron chi connectivity index (χ0n) is 13.3. The molecule has 0 aromatic heterocycles. The summed E-state index contributed by atoms with van der Waals surface area (Å²) in [6.45, 7) is 7.10. The van der Waals surface area contributed by atoms with Gasteiger partial charge in [-0.2, -0.15) is 9.57 Å². The molecule has 120 valence electrons. The fourth-order valence-electron chi connectivity index (χ4n) is 1.84. The Labute approximate surface area is 131 Å². The summed E-state index contributed by atoms with van der Waals surface area (Å²) in [5, 5.41) is 11.5. The Kier molecular flexibility index (Phi) is 5.69. The van der Waals surface area contributed by atoms with E-state index < -0.39 is 15.6 Å². The van der Waals surface area contributed by atoms with E-state index in [1.54, 1.807) is 6.92 Å². The first kappa shape index (κ1) is 18.1. The summed E-state index contributed by atoms with van der Waals surface area (Å²) in [6.07, 6.45) is 0. The Balaban J connectivity index is 2.97. The van der Waals surface area contributed by atoms with E-state index in [4.69, 9.17) is 5.26 Å². The summed E-state index contributed by atoms with van der Waals surface area (Å²) in [6, 6.07) is 7.56. The molecule has 0 saturated heterocycles. The molecule has 0 aliphatic rings. The minimum atomic E-state index is -3.76. The van der Waals surface area contributed by atoms with Crippen molar-refractivity contribution in [1.82, 2.24) is 9.62 Å². The van der Waals surface area contributed by atoms with Crippen molar-refractivity contribution in [3.63, 3.8) is 0 Å². The smallest absolute Gasteiger partial charge is 0.243 e. The standard InChI is InChI=1S/C15H21N3O3S/c1-5-18(11-14(19)17-15(2,3)4)22(20,21)13-8-6-12(10-16)7-9-13/h6-9H,5,11H2,1-4H3,(H,17,19). The van der Waals surface area contributed by atoms with Crippen molar-refractivity contribution in [2.75, 3.05) is 13.1 Å². The number of amides is 1. The van der Waals surface area contributed by atoms with Crippen LogP contribution in [0.25, 0.3) is 0 Å². The average molecular weight is 323 g/mol. The minimum absolute atomic E-state index is 0.0666. The van der Waals surface area contributed by atoms with E-state index in [1.165, 1.54) is 24.3 Å². The first-order valence-corrected chi connectivity index (χ1v) is 8.35. The number of nitriles is 1. The van der Waals surface area contributed by atoms with Gasteiger partial charge in [0.25, 0.3) is 0 Å². The summed E-state index contributed by atoms with van der Waals surface area (Å²) >= 11 is 0. The van der Waals surface area contributed by atoms with Crippen LogP contribution in [-0.4, -0.2) is 37.3 Å². The van der Waals surface area contributed by atoms with E-state index in [9.17, 15) is 13.2 Å². The van der Waals surface area contributed by atoms with Crippen LogP contribution < -0.4 is 5.32 Å². The SMILES string of the molecule is CCN(CC(=O)NC(C)(C)C)S(=O)(=O)c1ccc(C#N)cc1. The summed E-state index contributed by atoms with van der Waals surface area (Å²) in [4.78, 5) is 12.0. The van der Waals surface area contributed by atoms with Crippen molar-refractivity contribution < 1.29 is 13.2 Å². The van der Waals surface area contributed by atoms with Gasteiger partial charge in [-0.3, -0.25) is 4.79 Å². The van der Waals surface area contributed by atoms with Crippen LogP contribution in [0.2, 0.25) is 0 Å². The highest BCUT2D eigenvalue weighted by Gasteiger charge is 2.26. The number of rotatable bonds is 5. The lowest BCUT2D eigenvalue weighted by molar-refractivity contribution is -0.122. The fourth-order valence-corrected chi connectivity index (χ4v) is 3.24. The molecular formula is C15H21N3O3S. The molecule has 0 aliphatic carbocycles. The van der Waals surface area contributed by atoms with Gasteiger partial charge in [-0.25, -0.2) is 8.42 Å². The minimum Gasteiger partial charge on any atom is -0.350 e. The van der Waals surface area contributed by atoms with Gasteiger partial charge in [0.2, 0.25) is 15.9 Å². The first-order valence-electron chi connectivity index (χ1n) is 6.91. The van der Waals surface area contributed by atoms with E-state index in [0.29, 0.717) is 5.56 Å². The molecule has 0 saturated carbocycles. The zero-order valence-corrected chi connectivity index (χ0v) is 14.1. The summed E-state index contributed by atoms with van der Waals surface area (Å²) < 4.78 is 26.2. The highest BCUT2D eigenvalue weighted by atomic mass is 32.2. The number of likely N-dealkylation sites (N-methyl/N-ethyl adjacent to an activating group) is 1. The summed E-state index contributed by atoms with van der Waals surface area (Å²) in [7, 11) is -3.76. The molecule has 7 heteroatoms. The monoisotopic (exact) mass is 323 g/mol. The Morgan fingerprint density at radius 2 is 1.82 bits per heavy atom. The van der Waals surface area contributed by atoms with Crippen molar-refractivity contribution >= 4 is 15.9 Å². The third-order valence-electron chi connectivity index (χ3n) is 2.81. The second-order valence-electron chi connectivity index (χ2n) is 5.87. The number of nitrogens with one attached hydrogen (secondary N) is 1. The zero-order chi connectivity index (χ0) is 17.0. The van der Waals surface area contributed by atoms with Gasteiger partial charge in [-0.15, -0.1) is 0 Å². The predicted octanol–water partition coefficient (Wildman–Crippen LogP) is 1.48. The highest BCUT2D eigenvalue weighted by Crippen LogP contribution is 2.16. The molecule has 1 amide bonds. The molecule has 1 rings (SSSR count). The Morgan fingerprint density at radius 1 is 1.27 bits per heavy atom. The van der Waals surface area contributed by atoms with Gasteiger partial charge in [0, 0.05) is 12.1 Å². The van der Waals surface area contributed by atoms with Crippen molar-refractivity contribution in [1.29, 1.82) is 5.26 Å². The number of nitrogens with zero attached hydrogens (tertiary/aromatic N) is 2. The Bertz CT molecular complexity index is 667. The van der Waals surface area contributed by atoms with Crippen LogP contribution in [0, 0.1) is 11.3 Å². The van der Waals surface area contributed by atoms with Crippen LogP contribution in [-0.2, 0) is 14.8 Å². The second kappa shape index (κ2) is 6.90. The van der Waals surface area contributed by atoms with Gasteiger partial charge in [-0.1, -0.05) is 6.92 Å². The maximum Gasteiger partial charge on any atom is 0.243 e. The van der Waals surface area contributed by atoms with E-state index >= 15 is 0 Å². The first-order chi connectivity index (χ1) is 10.1. The van der Waals surface area contributed by atoms with Crippen molar-refractivity contribution in [2.24, 2.45) is 0 Å². The maximum atomic E-state index is 12.5. The van der Waals surface area contributed by atoms with Crippen molar-refractivity contribution in [3.05, 3.63) is 29.8 Å². The molecule has 0 atom stereocenters. The third kappa shape index (κ3) is 4.83. The number of hydrogen-bond acceptors (Lipinski definition) is 4. The number of hydrogen-bond donors (Lipinski definition) is 1. The fraction of sp³-hybridized carbons (Fsp3) is 0.467. The number of sulfonamides is 1. The van der Waals surface area contributed by atoms with Crippen LogP contribution in [0.5, 0.6) is 0 Å². The largest absolute Gasteiger partial charge is 0.350 e. The van der Waals surface area contributed by atoms with Crippen LogP contribution in [0.3, 0.4) is 0 Å². The molecule has 0 aliphatic heterocycles. The third-order valence-corrected chi connectivity index (χ3v) is 4.74. The molecule has 0 spiro atoms. The van der Waals surface area contributed by atoms with Gasteiger partial charge >= 0.3 is 0 Å². The van der Waals surface area contributed by atoms with Crippen LogP contribution in [0.1, 0.15) is 33.3 Å². The molecule has 1 aromatic rings. The van der Waals surface area contributed by atoms with Crippen LogP contribution in [0.15, 0.2) is 29.2 Å². The van der Waals surface area contributed by atoms with Gasteiger partial charge < -0.3 is 5.32 Å². The molecular weight excluding hydrogens is 302 g/mol. The average Bonchev–Trinajstić information content (AvgIpc) is 2.42. The van der Waals surface area contributed by atoms with E-state index in [1.807, 2.05) is 26.8 Å². The summed E-state index contributed by atoms with van der Waals surface area (Å²) in [5.74, 6) is -0.355. The van der Waals surface area contributed by atoms with E-state index in [-0.39, 0.29) is 23.9 Å². The molecule has 0 unspecified atom stereocenters. The normalized spacial score (nSPS) is 12.0. The lowest BCUT2D eigenvalue weighted by Gasteiger charge is -2.24. The van der Waals surface area contributed by atoms with Gasteiger partial charge in [0.05, 0.1) is 23.1 Å². The maximum absolute atomic E-state index is 12.5. The molecule has 1 aromatic carbocycles. The number of carbonyl (C=O) groups excluding carboxylic acids is 1. The molecule has 1 N–H and O–H groups in total. The van der Waals surface area contributed by atoms with Gasteiger partial charge in [-0.05, 0) is 45.0 Å². The van der Waals surface area contributed by atoms with Crippen molar-refractivity contribution in [2.45, 2.75) is 38.1 Å².